The standard InChI is InChI=1S/C16H15F3N4O2S/c1-9(15-22-12-4-2-3-5-13(12)23-15)21-10-6-7-14(26(20,24)25)11(8-10)16(17,18)19/h2-9,21H,1H3,(H,22,23)(H2,20,24,25). The van der Waals surface area contributed by atoms with Gasteiger partial charge in [-0.25, -0.2) is 18.5 Å². The van der Waals surface area contributed by atoms with Crippen molar-refractivity contribution in [2.75, 3.05) is 5.32 Å². The zero-order valence-electron chi connectivity index (χ0n) is 13.5. The molecule has 0 aliphatic heterocycles. The predicted molar refractivity (Wildman–Crippen MR) is 90.9 cm³/mol. The van der Waals surface area contributed by atoms with E-state index in [2.05, 4.69) is 15.3 Å². The van der Waals surface area contributed by atoms with Crippen LogP contribution in [0, 0.1) is 0 Å². The highest BCUT2D eigenvalue weighted by molar-refractivity contribution is 7.89. The first-order valence-corrected chi connectivity index (χ1v) is 9.05. The molecule has 0 aliphatic rings. The van der Waals surface area contributed by atoms with Crippen LogP contribution < -0.4 is 10.5 Å². The summed E-state index contributed by atoms with van der Waals surface area (Å²) in [6, 6.07) is 9.66. The Balaban J connectivity index is 1.94. The summed E-state index contributed by atoms with van der Waals surface area (Å²) in [5, 5.41) is 7.76. The first-order chi connectivity index (χ1) is 12.1. The second-order valence-corrected chi connectivity index (χ2v) is 7.29. The fourth-order valence-corrected chi connectivity index (χ4v) is 3.32. The molecule has 26 heavy (non-hydrogen) atoms. The first kappa shape index (κ1) is 18.2. The summed E-state index contributed by atoms with van der Waals surface area (Å²) in [7, 11) is -4.50. The lowest BCUT2D eigenvalue weighted by Crippen LogP contribution is -2.19. The molecule has 0 radical (unpaired) electrons. The van der Waals surface area contributed by atoms with E-state index in [1.807, 2.05) is 24.3 Å². The van der Waals surface area contributed by atoms with E-state index in [-0.39, 0.29) is 5.69 Å². The molecule has 1 aromatic heterocycles. The fourth-order valence-electron chi connectivity index (χ4n) is 2.59. The molecule has 1 atom stereocenters. The van der Waals surface area contributed by atoms with Gasteiger partial charge in [0.1, 0.15) is 5.82 Å². The molecule has 3 rings (SSSR count). The number of rotatable bonds is 4. The molecule has 1 unspecified atom stereocenters. The quantitative estimate of drug-likeness (QED) is 0.642. The Hall–Kier alpha value is -2.59. The SMILES string of the molecule is CC(Nc1ccc(S(N)(=O)=O)c(C(F)(F)F)c1)c1nc2ccccc2[nH]1. The largest absolute Gasteiger partial charge is 0.417 e. The van der Waals surface area contributed by atoms with E-state index >= 15 is 0 Å². The molecule has 0 fully saturated rings. The molecule has 0 aliphatic carbocycles. The average molecular weight is 384 g/mol. The van der Waals surface area contributed by atoms with Gasteiger partial charge in [0.15, 0.2) is 0 Å². The van der Waals surface area contributed by atoms with Gasteiger partial charge in [0, 0.05) is 5.69 Å². The Morgan fingerprint density at radius 1 is 1.19 bits per heavy atom. The number of aromatic nitrogens is 2. The van der Waals surface area contributed by atoms with Crippen LogP contribution in [0.2, 0.25) is 0 Å². The van der Waals surface area contributed by atoms with Crippen molar-refractivity contribution < 1.29 is 21.6 Å². The molecule has 0 saturated carbocycles. The number of nitrogens with two attached hydrogens (primary N) is 1. The van der Waals surface area contributed by atoms with Crippen molar-refractivity contribution in [1.29, 1.82) is 0 Å². The van der Waals surface area contributed by atoms with E-state index in [0.29, 0.717) is 5.82 Å². The monoisotopic (exact) mass is 384 g/mol. The zero-order valence-corrected chi connectivity index (χ0v) is 14.3. The number of imidazole rings is 1. The molecule has 3 aromatic rings. The fraction of sp³-hybridized carbons (Fsp3) is 0.188. The topological polar surface area (TPSA) is 101 Å². The number of alkyl halides is 3. The molecule has 0 amide bonds. The van der Waals surface area contributed by atoms with Crippen LogP contribution in [0.4, 0.5) is 18.9 Å². The molecule has 138 valence electrons. The second kappa shape index (κ2) is 6.29. The normalized spacial score (nSPS) is 13.7. The van der Waals surface area contributed by atoms with Gasteiger partial charge in [-0.2, -0.15) is 13.2 Å². The zero-order chi connectivity index (χ0) is 19.1. The average Bonchev–Trinajstić information content (AvgIpc) is 2.97. The van der Waals surface area contributed by atoms with E-state index in [1.165, 1.54) is 6.07 Å². The number of halogens is 3. The number of anilines is 1. The van der Waals surface area contributed by atoms with Crippen molar-refractivity contribution in [1.82, 2.24) is 9.97 Å². The summed E-state index contributed by atoms with van der Waals surface area (Å²) < 4.78 is 62.4. The van der Waals surface area contributed by atoms with Gasteiger partial charge < -0.3 is 10.3 Å². The molecule has 0 spiro atoms. The van der Waals surface area contributed by atoms with Gasteiger partial charge in [-0.05, 0) is 37.3 Å². The number of nitrogens with one attached hydrogen (secondary N) is 2. The van der Waals surface area contributed by atoms with Crippen molar-refractivity contribution >= 4 is 26.7 Å². The molecule has 10 heteroatoms. The van der Waals surface area contributed by atoms with Gasteiger partial charge in [0.2, 0.25) is 10.0 Å². The van der Waals surface area contributed by atoms with Crippen LogP contribution >= 0.6 is 0 Å². The number of aromatic amines is 1. The summed E-state index contributed by atoms with van der Waals surface area (Å²) in [6.07, 6.45) is -4.86. The van der Waals surface area contributed by atoms with E-state index in [9.17, 15) is 21.6 Å². The number of benzene rings is 2. The highest BCUT2D eigenvalue weighted by Crippen LogP contribution is 2.36. The Bertz CT molecular complexity index is 1030. The van der Waals surface area contributed by atoms with Gasteiger partial charge in [-0.15, -0.1) is 0 Å². The van der Waals surface area contributed by atoms with Crippen molar-refractivity contribution in [3.63, 3.8) is 0 Å². The van der Waals surface area contributed by atoms with Crippen LogP contribution in [-0.2, 0) is 16.2 Å². The number of hydrogen-bond acceptors (Lipinski definition) is 4. The van der Waals surface area contributed by atoms with Crippen LogP contribution in [0.1, 0.15) is 24.4 Å². The molecular weight excluding hydrogens is 369 g/mol. The third kappa shape index (κ3) is 3.65. The molecule has 6 nitrogen and oxygen atoms in total. The van der Waals surface area contributed by atoms with E-state index in [4.69, 9.17) is 5.14 Å². The highest BCUT2D eigenvalue weighted by Gasteiger charge is 2.36. The summed E-state index contributed by atoms with van der Waals surface area (Å²) >= 11 is 0. The summed E-state index contributed by atoms with van der Waals surface area (Å²) in [4.78, 5) is 6.50. The van der Waals surface area contributed by atoms with Gasteiger partial charge >= 0.3 is 6.18 Å². The van der Waals surface area contributed by atoms with Crippen molar-refractivity contribution in [3.05, 3.63) is 53.9 Å². The molecular formula is C16H15F3N4O2S. The Morgan fingerprint density at radius 2 is 1.88 bits per heavy atom. The maximum atomic E-state index is 13.2. The van der Waals surface area contributed by atoms with Crippen LogP contribution in [0.3, 0.4) is 0 Å². The lowest BCUT2D eigenvalue weighted by molar-refractivity contribution is -0.139. The maximum absolute atomic E-state index is 13.2. The van der Waals surface area contributed by atoms with Gasteiger partial charge in [0.25, 0.3) is 0 Å². The van der Waals surface area contributed by atoms with Crippen molar-refractivity contribution in [3.8, 4) is 0 Å². The molecule has 4 N–H and O–H groups in total. The number of sulfonamides is 1. The first-order valence-electron chi connectivity index (χ1n) is 7.51. The molecule has 1 heterocycles. The van der Waals surface area contributed by atoms with Gasteiger partial charge in [0.05, 0.1) is 27.5 Å². The van der Waals surface area contributed by atoms with Gasteiger partial charge in [-0.1, -0.05) is 12.1 Å². The van der Waals surface area contributed by atoms with E-state index < -0.39 is 32.7 Å². The minimum Gasteiger partial charge on any atom is -0.375 e. The molecule has 0 bridgehead atoms. The lowest BCUT2D eigenvalue weighted by atomic mass is 10.1. The number of hydrogen-bond donors (Lipinski definition) is 3. The Morgan fingerprint density at radius 3 is 2.50 bits per heavy atom. The third-order valence-electron chi connectivity index (χ3n) is 3.79. The smallest absolute Gasteiger partial charge is 0.375 e. The number of nitrogens with zero attached hydrogens (tertiary/aromatic N) is 1. The van der Waals surface area contributed by atoms with E-state index in [1.54, 1.807) is 6.92 Å². The molecule has 2 aromatic carbocycles. The van der Waals surface area contributed by atoms with E-state index in [0.717, 1.165) is 23.2 Å². The Kier molecular flexibility index (Phi) is 4.41. The number of para-hydroxylation sites is 2. The lowest BCUT2D eigenvalue weighted by Gasteiger charge is -2.17. The summed E-state index contributed by atoms with van der Waals surface area (Å²) in [5.74, 6) is 0.537. The van der Waals surface area contributed by atoms with Crippen molar-refractivity contribution in [2.45, 2.75) is 24.0 Å². The number of fused-ring (bicyclic) bond motifs is 1. The second-order valence-electron chi connectivity index (χ2n) is 5.76. The number of primary sulfonamides is 1. The van der Waals surface area contributed by atoms with Crippen LogP contribution in [0.25, 0.3) is 11.0 Å². The van der Waals surface area contributed by atoms with Crippen LogP contribution in [-0.4, -0.2) is 18.4 Å². The summed E-state index contributed by atoms with van der Waals surface area (Å²) in [5.41, 5.74) is 0.313. The maximum Gasteiger partial charge on any atom is 0.417 e. The Labute approximate surface area is 147 Å². The number of H-pyrrole nitrogens is 1. The van der Waals surface area contributed by atoms with Crippen LogP contribution in [0.5, 0.6) is 0 Å². The minimum absolute atomic E-state index is 0.0951. The van der Waals surface area contributed by atoms with Crippen LogP contribution in [0.15, 0.2) is 47.4 Å². The summed E-state index contributed by atoms with van der Waals surface area (Å²) in [6.45, 7) is 1.72. The molecule has 0 saturated heterocycles. The highest BCUT2D eigenvalue weighted by atomic mass is 32.2. The van der Waals surface area contributed by atoms with Crippen molar-refractivity contribution in [2.24, 2.45) is 5.14 Å². The minimum atomic E-state index is -4.86. The van der Waals surface area contributed by atoms with Gasteiger partial charge in [-0.3, -0.25) is 0 Å². The predicted octanol–water partition coefficient (Wildman–Crippen LogP) is 3.40. The third-order valence-corrected chi connectivity index (χ3v) is 4.76.